The average Bonchev–Trinajstić information content (AvgIpc) is 3.32. The van der Waals surface area contributed by atoms with Crippen molar-refractivity contribution in [2.75, 3.05) is 6.61 Å². The van der Waals surface area contributed by atoms with Crippen LogP contribution in [0.1, 0.15) is 51.4 Å². The van der Waals surface area contributed by atoms with Crippen molar-refractivity contribution in [1.82, 2.24) is 20.3 Å². The number of pyridine rings is 1. The summed E-state index contributed by atoms with van der Waals surface area (Å²) in [7, 11) is 0. The molecule has 2 unspecified atom stereocenters. The number of furan rings is 1. The monoisotopic (exact) mass is 492 g/mol. The Kier molecular flexibility index (Phi) is 7.05. The van der Waals surface area contributed by atoms with Crippen molar-refractivity contribution in [3.05, 3.63) is 125 Å². The highest BCUT2D eigenvalue weighted by Crippen LogP contribution is 2.29. The van der Waals surface area contributed by atoms with Crippen LogP contribution < -0.4 is 5.32 Å². The number of amides is 1. The predicted molar refractivity (Wildman–Crippen MR) is 141 cm³/mol. The van der Waals surface area contributed by atoms with Crippen LogP contribution in [0.15, 0.2) is 89.7 Å². The van der Waals surface area contributed by atoms with Crippen molar-refractivity contribution >= 4 is 17.0 Å². The fourth-order valence-corrected chi connectivity index (χ4v) is 4.60. The number of carbonyl (C=O) groups excluding carboxylic acids is 1. The van der Waals surface area contributed by atoms with Crippen LogP contribution in [0.5, 0.6) is 0 Å². The quantitative estimate of drug-likeness (QED) is 0.322. The van der Waals surface area contributed by atoms with E-state index in [2.05, 4.69) is 52.3 Å². The summed E-state index contributed by atoms with van der Waals surface area (Å²) < 4.78 is 5.96. The van der Waals surface area contributed by atoms with E-state index in [0.717, 1.165) is 16.7 Å². The zero-order chi connectivity index (χ0) is 25.8. The lowest BCUT2D eigenvalue weighted by molar-refractivity contribution is -0.121. The molecule has 0 saturated carbocycles. The smallest absolute Gasteiger partial charge is 0.226 e. The van der Waals surface area contributed by atoms with Gasteiger partial charge in [0.2, 0.25) is 5.91 Å². The van der Waals surface area contributed by atoms with Crippen molar-refractivity contribution in [2.24, 2.45) is 0 Å². The largest absolute Gasteiger partial charge is 0.459 e. The van der Waals surface area contributed by atoms with Gasteiger partial charge in [0.05, 0.1) is 36.4 Å². The Bertz CT molecular complexity index is 1520. The van der Waals surface area contributed by atoms with E-state index in [1.54, 1.807) is 24.4 Å². The third kappa shape index (κ3) is 5.42. The Morgan fingerprint density at radius 3 is 2.59 bits per heavy atom. The molecule has 5 rings (SSSR count). The van der Waals surface area contributed by atoms with Crippen LogP contribution in [0.25, 0.3) is 11.1 Å². The summed E-state index contributed by atoms with van der Waals surface area (Å²) in [6.07, 6.45) is 3.19. The van der Waals surface area contributed by atoms with Gasteiger partial charge in [-0.3, -0.25) is 4.79 Å². The predicted octanol–water partition coefficient (Wildman–Crippen LogP) is 4.81. The van der Waals surface area contributed by atoms with Crippen molar-refractivity contribution in [1.29, 1.82) is 0 Å². The molecule has 0 radical (unpaired) electrons. The number of aryl methyl sites for hydroxylation is 2. The molecule has 5 aromatic rings. The lowest BCUT2D eigenvalue weighted by Crippen LogP contribution is -2.31. The van der Waals surface area contributed by atoms with Crippen LogP contribution in [-0.2, 0) is 11.2 Å². The molecule has 0 aliphatic heterocycles. The molecule has 1 amide bonds. The molecular weight excluding hydrogens is 464 g/mol. The zero-order valence-corrected chi connectivity index (χ0v) is 20.8. The molecule has 7 heteroatoms. The van der Waals surface area contributed by atoms with E-state index >= 15 is 0 Å². The lowest BCUT2D eigenvalue weighted by atomic mass is 9.93. The fraction of sp³-hybridized carbons (Fsp3) is 0.200. The number of nitrogens with zero attached hydrogens (tertiary/aromatic N) is 3. The normalized spacial score (nSPS) is 12.8. The number of nitrogens with one attached hydrogen (secondary N) is 1. The van der Waals surface area contributed by atoms with E-state index in [0.29, 0.717) is 28.2 Å². The Morgan fingerprint density at radius 1 is 1.03 bits per heavy atom. The molecule has 0 bridgehead atoms. The molecule has 2 N–H and O–H groups in total. The highest BCUT2D eigenvalue weighted by atomic mass is 16.3. The van der Waals surface area contributed by atoms with E-state index in [1.165, 1.54) is 11.9 Å². The second-order valence-corrected chi connectivity index (χ2v) is 9.15. The maximum atomic E-state index is 13.2. The highest BCUT2D eigenvalue weighted by Gasteiger charge is 2.21. The summed E-state index contributed by atoms with van der Waals surface area (Å²) >= 11 is 0. The molecule has 3 aromatic heterocycles. The lowest BCUT2D eigenvalue weighted by Gasteiger charge is -2.22. The average molecular weight is 493 g/mol. The minimum Gasteiger partial charge on any atom is -0.459 e. The van der Waals surface area contributed by atoms with Crippen molar-refractivity contribution < 1.29 is 14.3 Å². The van der Waals surface area contributed by atoms with Crippen LogP contribution in [0.2, 0.25) is 0 Å². The summed E-state index contributed by atoms with van der Waals surface area (Å²) in [5.74, 6) is 0.0104. The standard InChI is InChI=1S/C30H28N4O3/c1-19-8-10-23(20(2)14-19)30(21-6-4-3-5-7-21)34-29(36)15-22-9-11-27-26(33-22)16-28(37-27)24(17-35)25-12-13-31-18-32-25/h3-14,16,18,24,30,35H,15,17H2,1-2H3,(H,34,36). The number of carbonyl (C=O) groups is 1. The maximum Gasteiger partial charge on any atom is 0.226 e. The number of rotatable bonds is 8. The van der Waals surface area contributed by atoms with Gasteiger partial charge in [0.25, 0.3) is 0 Å². The number of hydrogen-bond donors (Lipinski definition) is 2. The third-order valence-corrected chi connectivity index (χ3v) is 6.45. The van der Waals surface area contributed by atoms with Crippen molar-refractivity contribution in [3.8, 4) is 0 Å². The minimum atomic E-state index is -0.423. The maximum absolute atomic E-state index is 13.2. The summed E-state index contributed by atoms with van der Waals surface area (Å²) in [4.78, 5) is 26.0. The van der Waals surface area contributed by atoms with Crippen LogP contribution in [0.4, 0.5) is 0 Å². The molecule has 7 nitrogen and oxygen atoms in total. The molecule has 186 valence electrons. The highest BCUT2D eigenvalue weighted by molar-refractivity contribution is 5.80. The van der Waals surface area contributed by atoms with Crippen molar-refractivity contribution in [2.45, 2.75) is 32.2 Å². The summed E-state index contributed by atoms with van der Waals surface area (Å²) in [5.41, 5.74) is 6.90. The Morgan fingerprint density at radius 2 is 1.86 bits per heavy atom. The van der Waals surface area contributed by atoms with E-state index in [4.69, 9.17) is 4.42 Å². The second-order valence-electron chi connectivity index (χ2n) is 9.15. The Labute approximate surface area is 215 Å². The number of fused-ring (bicyclic) bond motifs is 1. The fourth-order valence-electron chi connectivity index (χ4n) is 4.60. The number of hydrogen-bond acceptors (Lipinski definition) is 6. The van der Waals surface area contributed by atoms with Gasteiger partial charge in [-0.1, -0.05) is 54.1 Å². The molecule has 0 spiro atoms. The van der Waals surface area contributed by atoms with Gasteiger partial charge < -0.3 is 14.8 Å². The summed E-state index contributed by atoms with van der Waals surface area (Å²) in [5, 5.41) is 13.2. The van der Waals surface area contributed by atoms with Crippen LogP contribution in [0.3, 0.4) is 0 Å². The summed E-state index contributed by atoms with van der Waals surface area (Å²) in [6.45, 7) is 3.97. The first kappa shape index (κ1) is 24.3. The topological polar surface area (TPSA) is 101 Å². The number of benzene rings is 2. The number of aliphatic hydroxyl groups is 1. The van der Waals surface area contributed by atoms with E-state index in [9.17, 15) is 9.90 Å². The van der Waals surface area contributed by atoms with E-state index in [1.807, 2.05) is 36.4 Å². The molecule has 2 aromatic carbocycles. The SMILES string of the molecule is Cc1ccc(C(NC(=O)Cc2ccc3oc(C(CO)c4ccncn4)cc3n2)c2ccccc2)c(C)c1. The molecule has 37 heavy (non-hydrogen) atoms. The van der Waals surface area contributed by atoms with Gasteiger partial charge in [0.1, 0.15) is 17.6 Å². The second kappa shape index (κ2) is 10.7. The first-order valence-electron chi connectivity index (χ1n) is 12.2. The van der Waals surface area contributed by atoms with Gasteiger partial charge in [0, 0.05) is 12.3 Å². The number of aliphatic hydroxyl groups excluding tert-OH is 1. The molecule has 0 saturated heterocycles. The Balaban J connectivity index is 1.37. The van der Waals surface area contributed by atoms with E-state index < -0.39 is 5.92 Å². The molecule has 0 fully saturated rings. The van der Waals surface area contributed by atoms with Crippen molar-refractivity contribution in [3.63, 3.8) is 0 Å². The van der Waals surface area contributed by atoms with Crippen LogP contribution in [0, 0.1) is 13.8 Å². The van der Waals surface area contributed by atoms with Gasteiger partial charge in [-0.2, -0.15) is 0 Å². The first-order valence-corrected chi connectivity index (χ1v) is 12.2. The molecule has 0 aliphatic rings. The van der Waals surface area contributed by atoms with Gasteiger partial charge in [-0.25, -0.2) is 15.0 Å². The van der Waals surface area contributed by atoms with Gasteiger partial charge in [-0.15, -0.1) is 0 Å². The van der Waals surface area contributed by atoms with Crippen LogP contribution >= 0.6 is 0 Å². The Hall–Kier alpha value is -4.36. The molecular formula is C30H28N4O3. The van der Waals surface area contributed by atoms with Gasteiger partial charge in [-0.05, 0) is 48.7 Å². The summed E-state index contributed by atoms with van der Waals surface area (Å²) in [6, 6.07) is 23.1. The van der Waals surface area contributed by atoms with E-state index in [-0.39, 0.29) is 25.0 Å². The van der Waals surface area contributed by atoms with Gasteiger partial charge >= 0.3 is 0 Å². The minimum absolute atomic E-state index is 0.125. The number of aromatic nitrogens is 3. The third-order valence-electron chi connectivity index (χ3n) is 6.45. The molecule has 2 atom stereocenters. The first-order chi connectivity index (χ1) is 18.0. The van der Waals surface area contributed by atoms with Crippen LogP contribution in [-0.4, -0.2) is 32.6 Å². The van der Waals surface area contributed by atoms with Gasteiger partial charge in [0.15, 0.2) is 5.58 Å². The molecule has 0 aliphatic carbocycles. The zero-order valence-electron chi connectivity index (χ0n) is 20.8. The molecule has 3 heterocycles.